The monoisotopic (exact) mass is 445 g/mol. The Bertz CT molecular complexity index is 1330. The molecule has 4 aromatic rings. The molecule has 7 heteroatoms. The van der Waals surface area contributed by atoms with Gasteiger partial charge >= 0.3 is 5.97 Å². The lowest BCUT2D eigenvalue weighted by molar-refractivity contribution is 0.0531. The number of anilines is 1. The van der Waals surface area contributed by atoms with E-state index in [2.05, 4.69) is 10.3 Å². The highest BCUT2D eigenvalue weighted by atomic mass is 32.1. The van der Waals surface area contributed by atoms with Gasteiger partial charge in [-0.25, -0.2) is 14.8 Å². The molecule has 2 aromatic carbocycles. The third-order valence-electron chi connectivity index (χ3n) is 5.17. The Morgan fingerprint density at radius 2 is 1.72 bits per heavy atom. The predicted molar refractivity (Wildman–Crippen MR) is 127 cm³/mol. The molecule has 0 atom stereocenters. The Morgan fingerprint density at radius 1 is 1.00 bits per heavy atom. The zero-order valence-electron chi connectivity index (χ0n) is 18.4. The summed E-state index contributed by atoms with van der Waals surface area (Å²) in [4.78, 5) is 35.1. The number of para-hydroxylation sites is 1. The molecule has 6 nitrogen and oxygen atoms in total. The molecule has 0 unspecified atom stereocenters. The molecule has 1 amide bonds. The van der Waals surface area contributed by atoms with E-state index in [9.17, 15) is 9.59 Å². The lowest BCUT2D eigenvalue weighted by Gasteiger charge is -2.14. The van der Waals surface area contributed by atoms with Crippen LogP contribution in [0.5, 0.6) is 0 Å². The number of pyridine rings is 1. The van der Waals surface area contributed by atoms with Crippen LogP contribution in [-0.4, -0.2) is 28.5 Å². The number of nitrogens with one attached hydrogen (secondary N) is 1. The van der Waals surface area contributed by atoms with E-state index in [4.69, 9.17) is 9.72 Å². The maximum Gasteiger partial charge on any atom is 0.350 e. The molecule has 0 aliphatic rings. The van der Waals surface area contributed by atoms with Crippen molar-refractivity contribution in [3.63, 3.8) is 0 Å². The second-order valence-corrected chi connectivity index (χ2v) is 8.45. The van der Waals surface area contributed by atoms with Crippen LogP contribution in [0.4, 0.5) is 5.13 Å². The van der Waals surface area contributed by atoms with Crippen LogP contribution in [0.15, 0.2) is 48.5 Å². The smallest absolute Gasteiger partial charge is 0.350 e. The van der Waals surface area contributed by atoms with Crippen LogP contribution in [-0.2, 0) is 4.74 Å². The summed E-state index contributed by atoms with van der Waals surface area (Å²) in [6, 6.07) is 15.7. The second-order valence-electron chi connectivity index (χ2n) is 7.45. The topological polar surface area (TPSA) is 81.2 Å². The van der Waals surface area contributed by atoms with Gasteiger partial charge in [0.05, 0.1) is 29.1 Å². The van der Waals surface area contributed by atoms with Gasteiger partial charge in [0, 0.05) is 10.9 Å². The summed E-state index contributed by atoms with van der Waals surface area (Å²) in [5.41, 5.74) is 5.45. The maximum absolute atomic E-state index is 13.4. The van der Waals surface area contributed by atoms with E-state index in [1.807, 2.05) is 62.4 Å². The van der Waals surface area contributed by atoms with Crippen molar-refractivity contribution < 1.29 is 14.3 Å². The first-order valence-corrected chi connectivity index (χ1v) is 11.1. The third-order valence-corrected chi connectivity index (χ3v) is 6.22. The molecule has 0 bridgehead atoms. The van der Waals surface area contributed by atoms with Gasteiger partial charge in [-0.3, -0.25) is 10.1 Å². The summed E-state index contributed by atoms with van der Waals surface area (Å²) in [5.74, 6) is -0.728. The van der Waals surface area contributed by atoms with E-state index >= 15 is 0 Å². The van der Waals surface area contributed by atoms with Crippen molar-refractivity contribution in [1.29, 1.82) is 0 Å². The lowest BCUT2D eigenvalue weighted by Crippen LogP contribution is -2.15. The Hall–Kier alpha value is -3.58. The van der Waals surface area contributed by atoms with Gasteiger partial charge in [0.1, 0.15) is 4.88 Å². The third kappa shape index (κ3) is 4.11. The first kappa shape index (κ1) is 21.6. The number of esters is 1. The van der Waals surface area contributed by atoms with E-state index in [1.54, 1.807) is 13.8 Å². The summed E-state index contributed by atoms with van der Waals surface area (Å²) in [6.07, 6.45) is 0. The van der Waals surface area contributed by atoms with Crippen molar-refractivity contribution in [3.8, 4) is 11.3 Å². The van der Waals surface area contributed by atoms with E-state index in [1.165, 1.54) is 0 Å². The molecule has 0 fully saturated rings. The van der Waals surface area contributed by atoms with Crippen LogP contribution in [0.25, 0.3) is 22.2 Å². The number of carbonyl (C=O) groups is 2. The van der Waals surface area contributed by atoms with Gasteiger partial charge in [-0.1, -0.05) is 59.4 Å². The van der Waals surface area contributed by atoms with Crippen LogP contribution >= 0.6 is 11.3 Å². The summed E-state index contributed by atoms with van der Waals surface area (Å²) in [6.45, 7) is 7.69. The van der Waals surface area contributed by atoms with Crippen LogP contribution in [0.2, 0.25) is 0 Å². The first-order chi connectivity index (χ1) is 15.4. The Balaban J connectivity index is 1.77. The highest BCUT2D eigenvalue weighted by Gasteiger charge is 2.22. The summed E-state index contributed by atoms with van der Waals surface area (Å²) >= 11 is 1.11. The molecule has 0 aliphatic carbocycles. The SMILES string of the molecule is CCOC(=O)c1sc(NC(=O)c2c(C)c(-c3ccc(C)cc3)nc3ccccc23)nc1C. The summed E-state index contributed by atoms with van der Waals surface area (Å²) in [5, 5.41) is 3.99. The molecule has 0 aliphatic heterocycles. The maximum atomic E-state index is 13.4. The molecule has 162 valence electrons. The number of amides is 1. The molecule has 0 saturated heterocycles. The van der Waals surface area contributed by atoms with Gasteiger partial charge in [0.2, 0.25) is 0 Å². The number of hydrogen-bond acceptors (Lipinski definition) is 6. The zero-order chi connectivity index (χ0) is 22.8. The predicted octanol–water partition coefficient (Wildman–Crippen LogP) is 5.71. The van der Waals surface area contributed by atoms with Gasteiger partial charge < -0.3 is 4.74 Å². The van der Waals surface area contributed by atoms with Gasteiger partial charge in [-0.2, -0.15) is 0 Å². The summed E-state index contributed by atoms with van der Waals surface area (Å²) in [7, 11) is 0. The van der Waals surface area contributed by atoms with Crippen molar-refractivity contribution in [2.75, 3.05) is 11.9 Å². The molecule has 2 heterocycles. The number of hydrogen-bond donors (Lipinski definition) is 1. The van der Waals surface area contributed by atoms with Crippen LogP contribution < -0.4 is 5.32 Å². The molecular formula is C25H23N3O3S. The van der Waals surface area contributed by atoms with Crippen molar-refractivity contribution in [2.24, 2.45) is 0 Å². The Morgan fingerprint density at radius 3 is 2.44 bits per heavy atom. The number of aryl methyl sites for hydroxylation is 2. The molecule has 0 spiro atoms. The number of fused-ring (bicyclic) bond motifs is 1. The normalized spacial score (nSPS) is 10.9. The van der Waals surface area contributed by atoms with Gasteiger partial charge in [-0.05, 0) is 39.3 Å². The fraction of sp³-hybridized carbons (Fsp3) is 0.200. The quantitative estimate of drug-likeness (QED) is 0.398. The molecule has 32 heavy (non-hydrogen) atoms. The fourth-order valence-electron chi connectivity index (χ4n) is 3.59. The van der Waals surface area contributed by atoms with Gasteiger partial charge in [-0.15, -0.1) is 0 Å². The molecule has 1 N–H and O–H groups in total. The summed E-state index contributed by atoms with van der Waals surface area (Å²) < 4.78 is 5.07. The zero-order valence-corrected chi connectivity index (χ0v) is 19.2. The van der Waals surface area contributed by atoms with Crippen molar-refractivity contribution in [2.45, 2.75) is 27.7 Å². The van der Waals surface area contributed by atoms with Gasteiger partial charge in [0.25, 0.3) is 5.91 Å². The van der Waals surface area contributed by atoms with E-state index < -0.39 is 5.97 Å². The van der Waals surface area contributed by atoms with E-state index in [0.29, 0.717) is 21.3 Å². The Labute approximate surface area is 190 Å². The standard InChI is InChI=1S/C25H23N3O3S/c1-5-31-24(30)22-16(4)26-25(32-22)28-23(29)20-15(3)21(17-12-10-14(2)11-13-17)27-19-9-7-6-8-18(19)20/h6-13H,5H2,1-4H3,(H,26,28,29). The largest absolute Gasteiger partial charge is 0.462 e. The molecule has 4 rings (SSSR count). The minimum absolute atomic E-state index is 0.280. The van der Waals surface area contributed by atoms with E-state index in [0.717, 1.165) is 44.6 Å². The molecule has 2 aromatic heterocycles. The fourth-order valence-corrected chi connectivity index (χ4v) is 4.44. The second kappa shape index (κ2) is 8.88. The van der Waals surface area contributed by atoms with Crippen LogP contribution in [0.1, 0.15) is 43.8 Å². The number of carbonyl (C=O) groups excluding carboxylic acids is 2. The van der Waals surface area contributed by atoms with Crippen molar-refractivity contribution >= 4 is 39.2 Å². The number of aromatic nitrogens is 2. The highest BCUT2D eigenvalue weighted by Crippen LogP contribution is 2.31. The van der Waals surface area contributed by atoms with Crippen molar-refractivity contribution in [3.05, 3.63) is 75.8 Å². The lowest BCUT2D eigenvalue weighted by atomic mass is 9.97. The number of nitrogens with zero attached hydrogens (tertiary/aromatic N) is 2. The van der Waals surface area contributed by atoms with Crippen molar-refractivity contribution in [1.82, 2.24) is 9.97 Å². The van der Waals surface area contributed by atoms with E-state index in [-0.39, 0.29) is 12.5 Å². The number of benzene rings is 2. The minimum Gasteiger partial charge on any atom is -0.462 e. The van der Waals surface area contributed by atoms with Gasteiger partial charge in [0.15, 0.2) is 5.13 Å². The molecular weight excluding hydrogens is 422 g/mol. The van der Waals surface area contributed by atoms with Crippen LogP contribution in [0.3, 0.4) is 0 Å². The Kier molecular flexibility index (Phi) is 6.01. The molecule has 0 radical (unpaired) electrons. The number of ether oxygens (including phenoxy) is 1. The molecule has 0 saturated carbocycles. The number of thiazole rings is 1. The highest BCUT2D eigenvalue weighted by molar-refractivity contribution is 7.17. The average molecular weight is 446 g/mol. The number of rotatable bonds is 5. The first-order valence-electron chi connectivity index (χ1n) is 10.3. The minimum atomic E-state index is -0.435. The average Bonchev–Trinajstić information content (AvgIpc) is 3.14. The van der Waals surface area contributed by atoms with Crippen LogP contribution in [0, 0.1) is 20.8 Å².